The molecule has 4 N–H and O–H groups in total. The molecule has 0 bridgehead atoms. The van der Waals surface area contributed by atoms with Crippen LogP contribution in [-0.2, 0) is 29.0 Å². The third-order valence-electron chi connectivity index (χ3n) is 8.76. The number of β-amino-alcohol motifs (C(OH)–C–C–N with tert-alkyl or cyclic N) is 1. The number of nitrogens with zero attached hydrogens (tertiary/aromatic N) is 3. The van der Waals surface area contributed by atoms with E-state index in [4.69, 9.17) is 0 Å². The number of hydrogen-bond acceptors (Lipinski definition) is 7. The number of carbonyl (C=O) groups is 2. The average molecular weight is 693 g/mol. The molecule has 0 radical (unpaired) electrons. The fourth-order valence-corrected chi connectivity index (χ4v) is 6.96. The number of benzene rings is 2. The zero-order chi connectivity index (χ0) is 32.8. The van der Waals surface area contributed by atoms with Crippen LogP contribution in [0, 0.1) is 5.92 Å². The van der Waals surface area contributed by atoms with Gasteiger partial charge in [-0.1, -0.05) is 58.4 Å². The van der Waals surface area contributed by atoms with Gasteiger partial charge in [0, 0.05) is 67.5 Å². The first-order chi connectivity index (χ1) is 21.9. The van der Waals surface area contributed by atoms with Crippen LogP contribution < -0.4 is 10.6 Å². The van der Waals surface area contributed by atoms with Crippen molar-refractivity contribution in [3.63, 3.8) is 0 Å². The van der Waals surface area contributed by atoms with Crippen LogP contribution in [0.4, 0.5) is 0 Å². The zero-order valence-electron chi connectivity index (χ0n) is 26.9. The van der Waals surface area contributed by atoms with E-state index in [9.17, 15) is 19.8 Å². The number of hydrogen-bond donors (Lipinski definition) is 4. The molecule has 10 heteroatoms. The Morgan fingerprint density at radius 3 is 2.54 bits per heavy atom. The molecule has 9 nitrogen and oxygen atoms in total. The SMILES string of the molecule is CC(C)(C)NC(=O)[C@@H]1CN(Cc2cccnc2)CCN1C[C@@H](O)C[C@@H](Cc1ccccc1)C(=O)N[C@H]1c2cc(Br)ccc2C[C@H]1O. The van der Waals surface area contributed by atoms with Crippen LogP contribution >= 0.6 is 15.9 Å². The van der Waals surface area contributed by atoms with Gasteiger partial charge in [0.05, 0.1) is 18.2 Å². The van der Waals surface area contributed by atoms with Crippen LogP contribution in [0.25, 0.3) is 0 Å². The van der Waals surface area contributed by atoms with E-state index >= 15 is 0 Å². The summed E-state index contributed by atoms with van der Waals surface area (Å²) in [5.41, 5.74) is 3.61. The molecule has 2 heterocycles. The van der Waals surface area contributed by atoms with Crippen LogP contribution in [0.3, 0.4) is 0 Å². The molecular formula is C36H46BrN5O4. The van der Waals surface area contributed by atoms with Gasteiger partial charge in [0.25, 0.3) is 0 Å². The van der Waals surface area contributed by atoms with E-state index in [0.29, 0.717) is 32.5 Å². The predicted molar refractivity (Wildman–Crippen MR) is 182 cm³/mol. The quantitative estimate of drug-likeness (QED) is 0.243. The Labute approximate surface area is 280 Å². The van der Waals surface area contributed by atoms with Crippen molar-refractivity contribution in [2.45, 2.75) is 76.4 Å². The molecule has 246 valence electrons. The second-order valence-electron chi connectivity index (χ2n) is 13.7. The Morgan fingerprint density at radius 1 is 1.07 bits per heavy atom. The lowest BCUT2D eigenvalue weighted by atomic mass is 9.91. The number of aliphatic hydroxyl groups excluding tert-OH is 2. The van der Waals surface area contributed by atoms with Crippen LogP contribution in [0.15, 0.2) is 77.5 Å². The summed E-state index contributed by atoms with van der Waals surface area (Å²) in [6.45, 7) is 8.71. The van der Waals surface area contributed by atoms with Crippen LogP contribution in [0.2, 0.25) is 0 Å². The lowest BCUT2D eigenvalue weighted by Crippen LogP contribution is -2.61. The lowest BCUT2D eigenvalue weighted by molar-refractivity contribution is -0.132. The second-order valence-corrected chi connectivity index (χ2v) is 14.6. The molecule has 5 atom stereocenters. The monoisotopic (exact) mass is 691 g/mol. The molecule has 2 aliphatic rings. The minimum atomic E-state index is -0.843. The number of piperazine rings is 1. The van der Waals surface area contributed by atoms with Gasteiger partial charge in [0.15, 0.2) is 0 Å². The Kier molecular flexibility index (Phi) is 11.3. The Balaban J connectivity index is 1.29. The van der Waals surface area contributed by atoms with E-state index in [0.717, 1.165) is 33.3 Å². The van der Waals surface area contributed by atoms with Crippen molar-refractivity contribution >= 4 is 27.7 Å². The van der Waals surface area contributed by atoms with E-state index in [-0.39, 0.29) is 24.8 Å². The zero-order valence-corrected chi connectivity index (χ0v) is 28.5. The van der Waals surface area contributed by atoms with Crippen LogP contribution in [0.5, 0.6) is 0 Å². The normalized spacial score (nSPS) is 21.7. The summed E-state index contributed by atoms with van der Waals surface area (Å²) in [7, 11) is 0. The number of aromatic nitrogens is 1. The Morgan fingerprint density at radius 2 is 1.83 bits per heavy atom. The number of amides is 2. The summed E-state index contributed by atoms with van der Waals surface area (Å²) >= 11 is 3.52. The van der Waals surface area contributed by atoms with Gasteiger partial charge in [-0.3, -0.25) is 24.4 Å². The minimum absolute atomic E-state index is 0.0748. The topological polar surface area (TPSA) is 118 Å². The minimum Gasteiger partial charge on any atom is -0.392 e. The van der Waals surface area contributed by atoms with E-state index in [1.807, 2.05) is 87.6 Å². The molecule has 2 aromatic carbocycles. The molecule has 3 aromatic rings. The Hall–Kier alpha value is -3.15. The first-order valence-corrected chi connectivity index (χ1v) is 16.9. The van der Waals surface area contributed by atoms with Crippen LogP contribution in [0.1, 0.15) is 55.5 Å². The van der Waals surface area contributed by atoms with Crippen molar-refractivity contribution in [1.29, 1.82) is 0 Å². The summed E-state index contributed by atoms with van der Waals surface area (Å²) in [6, 6.07) is 18.6. The van der Waals surface area contributed by atoms with Gasteiger partial charge < -0.3 is 20.8 Å². The highest BCUT2D eigenvalue weighted by atomic mass is 79.9. The van der Waals surface area contributed by atoms with Gasteiger partial charge in [-0.15, -0.1) is 0 Å². The molecule has 0 spiro atoms. The first-order valence-electron chi connectivity index (χ1n) is 16.1. The number of carbonyl (C=O) groups excluding carboxylic acids is 2. The molecule has 1 aliphatic heterocycles. The number of rotatable bonds is 11. The molecular weight excluding hydrogens is 646 g/mol. The fourth-order valence-electron chi connectivity index (χ4n) is 6.58. The van der Waals surface area contributed by atoms with E-state index in [2.05, 4.69) is 41.3 Å². The largest absolute Gasteiger partial charge is 0.392 e. The molecule has 1 aromatic heterocycles. The number of fused-ring (bicyclic) bond motifs is 1. The Bertz CT molecular complexity index is 1470. The van der Waals surface area contributed by atoms with Crippen molar-refractivity contribution in [1.82, 2.24) is 25.4 Å². The van der Waals surface area contributed by atoms with Gasteiger partial charge in [0.2, 0.25) is 11.8 Å². The number of nitrogens with one attached hydrogen (secondary N) is 2. The van der Waals surface area contributed by atoms with Gasteiger partial charge in [-0.2, -0.15) is 0 Å². The van der Waals surface area contributed by atoms with Gasteiger partial charge >= 0.3 is 0 Å². The van der Waals surface area contributed by atoms with Gasteiger partial charge in [-0.25, -0.2) is 0 Å². The van der Waals surface area contributed by atoms with E-state index < -0.39 is 35.7 Å². The highest BCUT2D eigenvalue weighted by molar-refractivity contribution is 9.10. The second kappa shape index (κ2) is 15.2. The summed E-state index contributed by atoms with van der Waals surface area (Å²) in [4.78, 5) is 36.0. The van der Waals surface area contributed by atoms with E-state index in [1.54, 1.807) is 6.20 Å². The third kappa shape index (κ3) is 9.23. The lowest BCUT2D eigenvalue weighted by Gasteiger charge is -2.42. The van der Waals surface area contributed by atoms with E-state index in [1.165, 1.54) is 0 Å². The summed E-state index contributed by atoms with van der Waals surface area (Å²) in [5, 5.41) is 28.6. The predicted octanol–water partition coefficient (Wildman–Crippen LogP) is 3.63. The van der Waals surface area contributed by atoms with Gasteiger partial charge in [-0.05, 0) is 74.1 Å². The van der Waals surface area contributed by atoms with Gasteiger partial charge in [0.1, 0.15) is 6.04 Å². The van der Waals surface area contributed by atoms with Crippen molar-refractivity contribution in [3.8, 4) is 0 Å². The molecule has 2 amide bonds. The third-order valence-corrected chi connectivity index (χ3v) is 9.25. The smallest absolute Gasteiger partial charge is 0.239 e. The summed E-state index contributed by atoms with van der Waals surface area (Å²) in [6.07, 6.45) is 3.18. The van der Waals surface area contributed by atoms with Crippen molar-refractivity contribution in [3.05, 3.63) is 99.8 Å². The molecule has 5 rings (SSSR count). The molecule has 0 saturated carbocycles. The highest BCUT2D eigenvalue weighted by Gasteiger charge is 2.37. The fraction of sp³-hybridized carbons (Fsp3) is 0.472. The standard InChI is InChI=1S/C36H46BrN5O4/c1-36(2,3)40-35(46)31-23-41(21-25-10-7-13-38-20-25)14-15-42(31)22-29(43)17-27(16-24-8-5-4-6-9-24)34(45)39-33-30-19-28(37)12-11-26(30)18-32(33)44/h4-13,19-20,27,29,31-33,43-44H,14-18,21-23H2,1-3H3,(H,39,45)(H,40,46)/t27-,29+,31+,32-,33+/m1/s1. The number of pyridine rings is 1. The molecule has 1 aliphatic carbocycles. The number of halogens is 1. The summed E-state index contributed by atoms with van der Waals surface area (Å²) < 4.78 is 0.890. The maximum atomic E-state index is 13.9. The molecule has 1 saturated heterocycles. The van der Waals surface area contributed by atoms with Crippen molar-refractivity contribution in [2.24, 2.45) is 5.92 Å². The van der Waals surface area contributed by atoms with Crippen molar-refractivity contribution in [2.75, 3.05) is 26.2 Å². The highest BCUT2D eigenvalue weighted by Crippen LogP contribution is 2.34. The maximum Gasteiger partial charge on any atom is 0.239 e. The van der Waals surface area contributed by atoms with Crippen LogP contribution in [-0.4, -0.2) is 86.8 Å². The molecule has 0 unspecified atom stereocenters. The average Bonchev–Trinajstić information content (AvgIpc) is 3.31. The first kappa shape index (κ1) is 34.2. The number of aliphatic hydroxyl groups is 2. The molecule has 46 heavy (non-hydrogen) atoms. The maximum absolute atomic E-state index is 13.9. The summed E-state index contributed by atoms with van der Waals surface area (Å²) in [5.74, 6) is -0.813. The van der Waals surface area contributed by atoms with Crippen molar-refractivity contribution < 1.29 is 19.8 Å². The molecule has 1 fully saturated rings.